The van der Waals surface area contributed by atoms with Crippen molar-refractivity contribution in [2.24, 2.45) is 0 Å². The second kappa shape index (κ2) is 6.23. The summed E-state index contributed by atoms with van der Waals surface area (Å²) in [5.74, 6) is -1.29. The minimum atomic E-state index is -3.59. The lowest BCUT2D eigenvalue weighted by Gasteiger charge is -2.19. The number of nitrogens with one attached hydrogen (secondary N) is 2. The van der Waals surface area contributed by atoms with Gasteiger partial charge in [-0.05, 0) is 12.5 Å². The number of aromatic amines is 2. The fourth-order valence-corrected chi connectivity index (χ4v) is 4.65. The normalized spacial score (nSPS) is 20.5. The van der Waals surface area contributed by atoms with E-state index in [4.69, 9.17) is 0 Å². The monoisotopic (exact) mass is 353 g/mol. The molecule has 1 atom stereocenters. The molecule has 0 bridgehead atoms. The highest BCUT2D eigenvalue weighted by atomic mass is 32.2. The fourth-order valence-electron chi connectivity index (χ4n) is 2.85. The molecule has 0 radical (unpaired) electrons. The van der Waals surface area contributed by atoms with Gasteiger partial charge in [-0.3, -0.25) is 4.79 Å². The number of benzene rings is 1. The molecule has 24 heavy (non-hydrogen) atoms. The highest BCUT2D eigenvalue weighted by Gasteiger charge is 2.34. The van der Waals surface area contributed by atoms with E-state index in [2.05, 4.69) is 9.97 Å². The van der Waals surface area contributed by atoms with Gasteiger partial charge in [0.15, 0.2) is 9.84 Å². The molecule has 0 spiro atoms. The fraction of sp³-hybridized carbons (Fsp3) is 0.333. The van der Waals surface area contributed by atoms with E-state index in [-0.39, 0.29) is 36.5 Å². The molecule has 1 aromatic carbocycles. The van der Waals surface area contributed by atoms with Crippen LogP contribution in [0.25, 0.3) is 0 Å². The van der Waals surface area contributed by atoms with Gasteiger partial charge in [-0.1, -0.05) is 18.2 Å². The predicted octanol–water partition coefficient (Wildman–Crippen LogP) is 0.844. The Kier molecular flexibility index (Phi) is 4.27. The quantitative estimate of drug-likeness (QED) is 0.835. The van der Waals surface area contributed by atoms with E-state index in [1.165, 1.54) is 29.3 Å². The van der Waals surface area contributed by atoms with E-state index >= 15 is 0 Å². The molecule has 1 aliphatic rings. The SMILES string of the molecule is O=C(c1c[nH]c(=O)[nH]1)N1CCC(c2ccccc2F)S(=O)(=O)CC1. The van der Waals surface area contributed by atoms with Gasteiger partial charge in [0.1, 0.15) is 11.5 Å². The zero-order valence-corrected chi connectivity index (χ0v) is 13.5. The van der Waals surface area contributed by atoms with Crippen molar-refractivity contribution in [3.05, 3.63) is 58.0 Å². The van der Waals surface area contributed by atoms with Crippen LogP contribution in [0.15, 0.2) is 35.3 Å². The van der Waals surface area contributed by atoms with Crippen LogP contribution in [0.3, 0.4) is 0 Å². The Bertz CT molecular complexity index is 919. The van der Waals surface area contributed by atoms with E-state index in [9.17, 15) is 22.4 Å². The Morgan fingerprint density at radius 2 is 2.00 bits per heavy atom. The largest absolute Gasteiger partial charge is 0.336 e. The number of nitrogens with zero attached hydrogens (tertiary/aromatic N) is 1. The summed E-state index contributed by atoms with van der Waals surface area (Å²) in [5.41, 5.74) is -0.311. The number of halogens is 1. The lowest BCUT2D eigenvalue weighted by molar-refractivity contribution is 0.0761. The van der Waals surface area contributed by atoms with Crippen molar-refractivity contribution >= 4 is 15.7 Å². The summed E-state index contributed by atoms with van der Waals surface area (Å²) in [4.78, 5) is 29.5. The summed E-state index contributed by atoms with van der Waals surface area (Å²) in [6, 6.07) is 5.77. The average Bonchev–Trinajstić information content (AvgIpc) is 2.90. The molecule has 2 N–H and O–H groups in total. The molecule has 2 heterocycles. The molecular weight excluding hydrogens is 337 g/mol. The molecular formula is C15H16FN3O4S. The predicted molar refractivity (Wildman–Crippen MR) is 84.9 cm³/mol. The van der Waals surface area contributed by atoms with Gasteiger partial charge in [-0.25, -0.2) is 17.6 Å². The molecule has 2 aromatic rings. The molecule has 0 saturated carbocycles. The number of aromatic nitrogens is 2. The van der Waals surface area contributed by atoms with Crippen molar-refractivity contribution in [1.29, 1.82) is 0 Å². The van der Waals surface area contributed by atoms with E-state index in [0.717, 1.165) is 0 Å². The minimum absolute atomic E-state index is 0.000665. The maximum Gasteiger partial charge on any atom is 0.323 e. The molecule has 128 valence electrons. The minimum Gasteiger partial charge on any atom is -0.336 e. The maximum absolute atomic E-state index is 14.0. The molecule has 3 rings (SSSR count). The Morgan fingerprint density at radius 1 is 1.25 bits per heavy atom. The lowest BCUT2D eigenvalue weighted by Crippen LogP contribution is -2.34. The van der Waals surface area contributed by atoms with E-state index in [0.29, 0.717) is 0 Å². The highest BCUT2D eigenvalue weighted by Crippen LogP contribution is 2.31. The molecule has 7 nitrogen and oxygen atoms in total. The smallest absolute Gasteiger partial charge is 0.323 e. The van der Waals surface area contributed by atoms with Gasteiger partial charge in [-0.2, -0.15) is 0 Å². The molecule has 1 aromatic heterocycles. The van der Waals surface area contributed by atoms with Gasteiger partial charge in [0.25, 0.3) is 5.91 Å². The first-order chi connectivity index (χ1) is 11.4. The Labute approximate surface area is 137 Å². The Hall–Kier alpha value is -2.42. The van der Waals surface area contributed by atoms with Gasteiger partial charge >= 0.3 is 5.69 Å². The molecule has 1 saturated heterocycles. The molecule has 1 aliphatic heterocycles. The third-order valence-corrected chi connectivity index (χ3v) is 6.21. The summed E-state index contributed by atoms with van der Waals surface area (Å²) in [7, 11) is -3.59. The van der Waals surface area contributed by atoms with Gasteiger partial charge in [0.05, 0.1) is 11.0 Å². The number of rotatable bonds is 2. The summed E-state index contributed by atoms with van der Waals surface area (Å²) < 4.78 is 39.0. The zero-order valence-electron chi connectivity index (χ0n) is 12.7. The molecule has 9 heteroatoms. The van der Waals surface area contributed by atoms with E-state index in [1.807, 2.05) is 0 Å². The Morgan fingerprint density at radius 3 is 2.67 bits per heavy atom. The first-order valence-corrected chi connectivity index (χ1v) is 9.13. The number of hydrogen-bond acceptors (Lipinski definition) is 4. The van der Waals surface area contributed by atoms with E-state index in [1.54, 1.807) is 6.07 Å². The third-order valence-electron chi connectivity index (χ3n) is 4.11. The van der Waals surface area contributed by atoms with Crippen molar-refractivity contribution in [2.75, 3.05) is 18.8 Å². The van der Waals surface area contributed by atoms with Crippen LogP contribution in [0.5, 0.6) is 0 Å². The standard InChI is InChI=1S/C15H16FN3O4S/c16-11-4-2-1-3-10(11)13-5-6-19(7-8-24(13,22)23)14(20)12-9-17-15(21)18-12/h1-4,9,13H,5-8H2,(H2,17,18,21). The lowest BCUT2D eigenvalue weighted by atomic mass is 10.1. The van der Waals surface area contributed by atoms with Crippen molar-refractivity contribution in [3.63, 3.8) is 0 Å². The van der Waals surface area contributed by atoms with Crippen molar-refractivity contribution in [1.82, 2.24) is 14.9 Å². The third kappa shape index (κ3) is 3.12. The van der Waals surface area contributed by atoms with Gasteiger partial charge in [-0.15, -0.1) is 0 Å². The van der Waals surface area contributed by atoms with Crippen LogP contribution < -0.4 is 5.69 Å². The van der Waals surface area contributed by atoms with Crippen molar-refractivity contribution in [3.8, 4) is 0 Å². The number of H-pyrrole nitrogens is 2. The molecule has 1 unspecified atom stereocenters. The number of sulfone groups is 1. The van der Waals surface area contributed by atoms with Crippen molar-refractivity contribution < 1.29 is 17.6 Å². The second-order valence-electron chi connectivity index (χ2n) is 5.61. The summed E-state index contributed by atoms with van der Waals surface area (Å²) in [6.45, 7) is 0.156. The van der Waals surface area contributed by atoms with Gasteiger partial charge in [0.2, 0.25) is 0 Å². The molecule has 0 aliphatic carbocycles. The number of carbonyl (C=O) groups is 1. The topological polar surface area (TPSA) is 103 Å². The highest BCUT2D eigenvalue weighted by molar-refractivity contribution is 7.91. The Balaban J connectivity index is 1.86. The van der Waals surface area contributed by atoms with Gasteiger partial charge in [0, 0.05) is 24.8 Å². The van der Waals surface area contributed by atoms with E-state index < -0.39 is 32.5 Å². The molecule has 1 fully saturated rings. The van der Waals surface area contributed by atoms with Crippen LogP contribution in [-0.4, -0.2) is 48.0 Å². The number of imidazole rings is 1. The van der Waals surface area contributed by atoms with Crippen LogP contribution in [0.2, 0.25) is 0 Å². The summed E-state index contributed by atoms with van der Waals surface area (Å²) in [6.07, 6.45) is 1.35. The number of carbonyl (C=O) groups excluding carboxylic acids is 1. The van der Waals surface area contributed by atoms with Crippen LogP contribution in [-0.2, 0) is 9.84 Å². The maximum atomic E-state index is 14.0. The van der Waals surface area contributed by atoms with Crippen LogP contribution >= 0.6 is 0 Å². The van der Waals surface area contributed by atoms with Crippen molar-refractivity contribution in [2.45, 2.75) is 11.7 Å². The number of hydrogen-bond donors (Lipinski definition) is 2. The van der Waals surface area contributed by atoms with Crippen LogP contribution in [0, 0.1) is 5.82 Å². The summed E-state index contributed by atoms with van der Waals surface area (Å²) >= 11 is 0. The first-order valence-electron chi connectivity index (χ1n) is 7.41. The zero-order chi connectivity index (χ0) is 17.3. The first kappa shape index (κ1) is 16.4. The summed E-state index contributed by atoms with van der Waals surface area (Å²) in [5, 5.41) is -0.984. The average molecular weight is 353 g/mol. The number of amides is 1. The second-order valence-corrected chi connectivity index (χ2v) is 7.92. The molecule has 1 amide bonds. The van der Waals surface area contributed by atoms with Gasteiger partial charge < -0.3 is 14.9 Å². The van der Waals surface area contributed by atoms with Crippen LogP contribution in [0.1, 0.15) is 27.7 Å². The van der Waals surface area contributed by atoms with Crippen LogP contribution in [0.4, 0.5) is 4.39 Å².